The van der Waals surface area contributed by atoms with Crippen molar-refractivity contribution in [2.45, 2.75) is 46.6 Å². The number of benzene rings is 2. The minimum atomic E-state index is -0.609. The van der Waals surface area contributed by atoms with Gasteiger partial charge in [0.2, 0.25) is 0 Å². The second kappa shape index (κ2) is 8.46. The van der Waals surface area contributed by atoms with Gasteiger partial charge in [0, 0.05) is 12.1 Å². The van der Waals surface area contributed by atoms with Gasteiger partial charge in [-0.15, -0.1) is 0 Å². The zero-order valence-corrected chi connectivity index (χ0v) is 18.2. The van der Waals surface area contributed by atoms with E-state index < -0.39 is 5.82 Å². The standard InChI is InChI=1S/C24H28FN2O3/c1-6-29-19-12-16-13-27(23(26)20(16)21(25)22(19)30-7-2)14-18(28)15-9-8-10-17(11-15)24(3,4)5/h8-9,11-12,26H,6-7,13-14H2,1-5H3. The number of carbonyl (C=O) groups is 1. The zero-order valence-electron chi connectivity index (χ0n) is 18.2. The predicted octanol–water partition coefficient (Wildman–Crippen LogP) is 4.74. The molecule has 0 bridgehead atoms. The highest BCUT2D eigenvalue weighted by atomic mass is 19.1. The van der Waals surface area contributed by atoms with Gasteiger partial charge < -0.3 is 14.4 Å². The van der Waals surface area contributed by atoms with Crippen LogP contribution in [0.1, 0.15) is 61.7 Å². The summed E-state index contributed by atoms with van der Waals surface area (Å²) in [5, 5.41) is 8.46. The number of fused-ring (bicyclic) bond motifs is 1. The maximum Gasteiger partial charge on any atom is 0.197 e. The number of nitrogens with zero attached hydrogens (tertiary/aromatic N) is 1. The van der Waals surface area contributed by atoms with E-state index in [2.05, 4.69) is 26.8 Å². The molecule has 3 rings (SSSR count). The molecule has 1 aliphatic heterocycles. The van der Waals surface area contributed by atoms with Gasteiger partial charge in [-0.1, -0.05) is 32.9 Å². The molecular weight excluding hydrogens is 383 g/mol. The Morgan fingerprint density at radius 3 is 2.57 bits per heavy atom. The van der Waals surface area contributed by atoms with Gasteiger partial charge in [-0.3, -0.25) is 10.2 Å². The third-order valence-corrected chi connectivity index (χ3v) is 5.04. The number of rotatable bonds is 7. The molecule has 1 heterocycles. The molecule has 5 nitrogen and oxygen atoms in total. The number of halogens is 1. The van der Waals surface area contributed by atoms with Crippen LogP contribution in [-0.2, 0) is 12.0 Å². The summed E-state index contributed by atoms with van der Waals surface area (Å²) in [5.74, 6) is -0.405. The summed E-state index contributed by atoms with van der Waals surface area (Å²) in [7, 11) is 0. The number of hydrogen-bond acceptors (Lipinski definition) is 4. The molecule has 1 N–H and O–H groups in total. The van der Waals surface area contributed by atoms with Crippen LogP contribution in [0.3, 0.4) is 0 Å². The lowest BCUT2D eigenvalue weighted by Gasteiger charge is -2.20. The molecule has 2 aromatic carbocycles. The van der Waals surface area contributed by atoms with Gasteiger partial charge in [-0.25, -0.2) is 4.39 Å². The number of ketones is 1. The fourth-order valence-electron chi connectivity index (χ4n) is 3.50. The van der Waals surface area contributed by atoms with Gasteiger partial charge in [0.25, 0.3) is 0 Å². The molecule has 1 radical (unpaired) electrons. The van der Waals surface area contributed by atoms with Crippen LogP contribution in [0.5, 0.6) is 11.5 Å². The van der Waals surface area contributed by atoms with E-state index in [0.29, 0.717) is 23.5 Å². The Hall–Kier alpha value is -2.89. The topological polar surface area (TPSA) is 62.6 Å². The maximum atomic E-state index is 15.2. The zero-order chi connectivity index (χ0) is 22.1. The number of amidine groups is 1. The van der Waals surface area contributed by atoms with Crippen molar-refractivity contribution in [1.29, 1.82) is 5.41 Å². The van der Waals surface area contributed by atoms with Gasteiger partial charge >= 0.3 is 0 Å². The first-order chi connectivity index (χ1) is 14.2. The summed E-state index contributed by atoms with van der Waals surface area (Å²) in [4.78, 5) is 14.5. The second-order valence-corrected chi connectivity index (χ2v) is 8.29. The largest absolute Gasteiger partial charge is 0.490 e. The van der Waals surface area contributed by atoms with E-state index in [4.69, 9.17) is 14.9 Å². The first-order valence-corrected chi connectivity index (χ1v) is 10.2. The SMILES string of the molecule is CCOc1cc2c(c(F)c1OCC)C(=N)N(CC(=O)c1cc[c]c(C(C)(C)C)c1)C2. The lowest BCUT2D eigenvalue weighted by molar-refractivity contribution is 0.0962. The first kappa shape index (κ1) is 21.8. The van der Waals surface area contributed by atoms with Gasteiger partial charge in [0.1, 0.15) is 5.84 Å². The van der Waals surface area contributed by atoms with Crippen LogP contribution in [0.4, 0.5) is 4.39 Å². The van der Waals surface area contributed by atoms with Crippen molar-refractivity contribution >= 4 is 11.6 Å². The molecular formula is C24H28FN2O3. The van der Waals surface area contributed by atoms with E-state index in [1.165, 1.54) is 0 Å². The van der Waals surface area contributed by atoms with E-state index in [1.807, 2.05) is 13.0 Å². The van der Waals surface area contributed by atoms with Gasteiger partial charge in [0.15, 0.2) is 23.1 Å². The second-order valence-electron chi connectivity index (χ2n) is 8.29. The number of Topliss-reactive ketones (excluding diaryl/α,β-unsaturated/α-hetero) is 1. The number of nitrogens with one attached hydrogen (secondary N) is 1. The maximum absolute atomic E-state index is 15.2. The number of hydrogen-bond donors (Lipinski definition) is 1. The van der Waals surface area contributed by atoms with E-state index in [0.717, 1.165) is 5.56 Å². The number of carbonyl (C=O) groups excluding carboxylic acids is 1. The molecule has 0 amide bonds. The smallest absolute Gasteiger partial charge is 0.197 e. The molecule has 6 heteroatoms. The molecule has 0 atom stereocenters. The molecule has 2 aromatic rings. The summed E-state index contributed by atoms with van der Waals surface area (Å²) in [5.41, 5.74) is 2.18. The van der Waals surface area contributed by atoms with Crippen molar-refractivity contribution in [3.05, 3.63) is 58.4 Å². The van der Waals surface area contributed by atoms with Gasteiger partial charge in [0.05, 0.1) is 25.3 Å². The lowest BCUT2D eigenvalue weighted by Crippen LogP contribution is -2.30. The molecule has 0 saturated heterocycles. The molecule has 0 spiro atoms. The summed E-state index contributed by atoms with van der Waals surface area (Å²) < 4.78 is 26.1. The fourth-order valence-corrected chi connectivity index (χ4v) is 3.50. The van der Waals surface area contributed by atoms with Crippen LogP contribution in [0.2, 0.25) is 0 Å². The van der Waals surface area contributed by atoms with Crippen LogP contribution < -0.4 is 9.47 Å². The average molecular weight is 411 g/mol. The van der Waals surface area contributed by atoms with Crippen LogP contribution in [0, 0.1) is 17.3 Å². The highest BCUT2D eigenvalue weighted by molar-refractivity contribution is 6.05. The third kappa shape index (κ3) is 4.18. The predicted molar refractivity (Wildman–Crippen MR) is 114 cm³/mol. The van der Waals surface area contributed by atoms with Crippen molar-refractivity contribution in [3.63, 3.8) is 0 Å². The first-order valence-electron chi connectivity index (χ1n) is 10.2. The highest BCUT2D eigenvalue weighted by Gasteiger charge is 2.33. The van der Waals surface area contributed by atoms with E-state index in [-0.39, 0.29) is 48.0 Å². The van der Waals surface area contributed by atoms with Crippen molar-refractivity contribution in [1.82, 2.24) is 4.90 Å². The minimum Gasteiger partial charge on any atom is -0.490 e. The molecule has 0 unspecified atom stereocenters. The average Bonchev–Trinajstić information content (AvgIpc) is 3.00. The Morgan fingerprint density at radius 2 is 1.93 bits per heavy atom. The molecule has 0 aliphatic carbocycles. The highest BCUT2D eigenvalue weighted by Crippen LogP contribution is 2.39. The summed E-state index contributed by atoms with van der Waals surface area (Å²) in [6.45, 7) is 10.7. The Labute approximate surface area is 177 Å². The number of ether oxygens (including phenoxy) is 2. The van der Waals surface area contributed by atoms with Crippen LogP contribution in [0.15, 0.2) is 24.3 Å². The third-order valence-electron chi connectivity index (χ3n) is 5.04. The Bertz CT molecular complexity index is 979. The quantitative estimate of drug-likeness (QED) is 0.668. The monoisotopic (exact) mass is 411 g/mol. The Morgan fingerprint density at radius 1 is 1.23 bits per heavy atom. The van der Waals surface area contributed by atoms with Crippen molar-refractivity contribution in [3.8, 4) is 11.5 Å². The molecule has 0 saturated carbocycles. The summed E-state index contributed by atoms with van der Waals surface area (Å²) in [6, 6.07) is 10.2. The molecule has 30 heavy (non-hydrogen) atoms. The van der Waals surface area contributed by atoms with E-state index >= 15 is 4.39 Å². The van der Waals surface area contributed by atoms with Crippen LogP contribution in [0.25, 0.3) is 0 Å². The van der Waals surface area contributed by atoms with Gasteiger partial charge in [-0.2, -0.15) is 0 Å². The molecule has 0 fully saturated rings. The van der Waals surface area contributed by atoms with Crippen molar-refractivity contribution in [2.75, 3.05) is 19.8 Å². The van der Waals surface area contributed by atoms with Gasteiger partial charge in [-0.05, 0) is 48.6 Å². The normalized spacial score (nSPS) is 13.4. The van der Waals surface area contributed by atoms with Crippen molar-refractivity contribution < 1.29 is 18.7 Å². The molecule has 1 aliphatic rings. The Balaban J connectivity index is 1.86. The van der Waals surface area contributed by atoms with E-state index in [9.17, 15) is 4.79 Å². The fraction of sp³-hybridized carbons (Fsp3) is 0.417. The summed E-state index contributed by atoms with van der Waals surface area (Å²) in [6.07, 6.45) is 0. The van der Waals surface area contributed by atoms with Crippen LogP contribution >= 0.6 is 0 Å². The van der Waals surface area contributed by atoms with E-state index in [1.54, 1.807) is 30.0 Å². The van der Waals surface area contributed by atoms with Crippen LogP contribution in [-0.4, -0.2) is 36.3 Å². The van der Waals surface area contributed by atoms with Crippen molar-refractivity contribution in [2.24, 2.45) is 0 Å². The Kier molecular flexibility index (Phi) is 6.15. The summed E-state index contributed by atoms with van der Waals surface area (Å²) >= 11 is 0. The lowest BCUT2D eigenvalue weighted by atomic mass is 9.86. The minimum absolute atomic E-state index is 0.00547. The molecule has 159 valence electrons. The molecule has 0 aromatic heterocycles.